The molecule has 0 aliphatic rings. The first kappa shape index (κ1) is 20.5. The van der Waals surface area contributed by atoms with E-state index in [1.54, 1.807) is 42.5 Å². The summed E-state index contributed by atoms with van der Waals surface area (Å²) in [5, 5.41) is 5.37. The van der Waals surface area contributed by atoms with Crippen LogP contribution in [0, 0.1) is 0 Å². The van der Waals surface area contributed by atoms with Gasteiger partial charge in [-0.05, 0) is 35.9 Å². The zero-order chi connectivity index (χ0) is 21.2. The first-order valence-electron chi connectivity index (χ1n) is 9.27. The summed E-state index contributed by atoms with van der Waals surface area (Å²) < 4.78 is 4.96. The van der Waals surface area contributed by atoms with Crippen LogP contribution in [0.4, 0.5) is 11.4 Å². The van der Waals surface area contributed by atoms with Crippen LogP contribution in [-0.4, -0.2) is 24.4 Å². The van der Waals surface area contributed by atoms with Crippen molar-refractivity contribution >= 4 is 35.2 Å². The molecule has 0 radical (unpaired) electrons. The van der Waals surface area contributed by atoms with Gasteiger partial charge >= 0.3 is 5.97 Å². The lowest BCUT2D eigenvalue weighted by Gasteiger charge is -2.11. The normalized spacial score (nSPS) is 10.4. The number of amides is 2. The van der Waals surface area contributed by atoms with E-state index < -0.39 is 18.5 Å². The molecule has 3 aromatic carbocycles. The Morgan fingerprint density at radius 2 is 1.40 bits per heavy atom. The minimum absolute atomic E-state index is 0.296. The molecule has 3 aromatic rings. The van der Waals surface area contributed by atoms with Crippen molar-refractivity contribution < 1.29 is 19.1 Å². The third-order valence-electron chi connectivity index (χ3n) is 4.03. The number of nitrogens with one attached hydrogen (secondary N) is 2. The summed E-state index contributed by atoms with van der Waals surface area (Å²) in [5.74, 6) is -1.54. The van der Waals surface area contributed by atoms with Gasteiger partial charge in [0.1, 0.15) is 0 Å². The van der Waals surface area contributed by atoms with Crippen molar-refractivity contribution in [2.45, 2.75) is 0 Å². The van der Waals surface area contributed by atoms with E-state index in [4.69, 9.17) is 4.74 Å². The van der Waals surface area contributed by atoms with Gasteiger partial charge < -0.3 is 15.4 Å². The highest BCUT2D eigenvalue weighted by Gasteiger charge is 2.14. The van der Waals surface area contributed by atoms with Crippen molar-refractivity contribution in [2.75, 3.05) is 17.2 Å². The maximum Gasteiger partial charge on any atom is 0.331 e. The Hall–Kier alpha value is -4.19. The van der Waals surface area contributed by atoms with E-state index in [1.807, 2.05) is 48.5 Å². The number of rotatable bonds is 7. The van der Waals surface area contributed by atoms with Crippen molar-refractivity contribution in [2.24, 2.45) is 0 Å². The molecule has 0 fully saturated rings. The summed E-state index contributed by atoms with van der Waals surface area (Å²) >= 11 is 0. The third-order valence-corrected chi connectivity index (χ3v) is 4.03. The average molecular weight is 400 g/mol. The fraction of sp³-hybridized carbons (Fsp3) is 0.0417. The van der Waals surface area contributed by atoms with Crippen molar-refractivity contribution in [3.63, 3.8) is 0 Å². The van der Waals surface area contributed by atoms with E-state index in [0.717, 1.165) is 5.56 Å². The number of carbonyl (C=O) groups excluding carboxylic acids is 3. The van der Waals surface area contributed by atoms with Crippen molar-refractivity contribution in [1.29, 1.82) is 0 Å². The minimum atomic E-state index is -0.635. The van der Waals surface area contributed by atoms with E-state index in [1.165, 1.54) is 6.08 Å². The Morgan fingerprint density at radius 3 is 2.13 bits per heavy atom. The highest BCUT2D eigenvalue weighted by Crippen LogP contribution is 2.17. The Bertz CT molecular complexity index is 1050. The molecule has 30 heavy (non-hydrogen) atoms. The molecule has 6 heteroatoms. The molecular formula is C24H20N2O4. The number of benzene rings is 3. The zero-order valence-corrected chi connectivity index (χ0v) is 16.1. The molecule has 6 nitrogen and oxygen atoms in total. The molecular weight excluding hydrogens is 380 g/mol. The zero-order valence-electron chi connectivity index (χ0n) is 16.1. The molecule has 0 atom stereocenters. The van der Waals surface area contributed by atoms with Gasteiger partial charge in [0.15, 0.2) is 6.61 Å². The van der Waals surface area contributed by atoms with Gasteiger partial charge in [0, 0.05) is 11.8 Å². The summed E-state index contributed by atoms with van der Waals surface area (Å²) in [6, 6.07) is 24.9. The summed E-state index contributed by atoms with van der Waals surface area (Å²) in [6.45, 7) is -0.466. The molecule has 0 saturated carbocycles. The predicted molar refractivity (Wildman–Crippen MR) is 116 cm³/mol. The lowest BCUT2D eigenvalue weighted by atomic mass is 10.1. The molecule has 2 amide bonds. The maximum absolute atomic E-state index is 12.5. The largest absolute Gasteiger partial charge is 0.452 e. The summed E-state index contributed by atoms with van der Waals surface area (Å²) in [4.78, 5) is 36.5. The monoisotopic (exact) mass is 400 g/mol. The molecule has 0 heterocycles. The fourth-order valence-electron chi connectivity index (χ4n) is 2.61. The van der Waals surface area contributed by atoms with E-state index in [-0.39, 0.29) is 5.91 Å². The lowest BCUT2D eigenvalue weighted by Crippen LogP contribution is -2.22. The van der Waals surface area contributed by atoms with Crippen molar-refractivity contribution in [3.05, 3.63) is 102 Å². The van der Waals surface area contributed by atoms with E-state index in [2.05, 4.69) is 10.6 Å². The fourth-order valence-corrected chi connectivity index (χ4v) is 2.61. The smallest absolute Gasteiger partial charge is 0.331 e. The van der Waals surface area contributed by atoms with Gasteiger partial charge in [-0.2, -0.15) is 0 Å². The first-order valence-corrected chi connectivity index (χ1v) is 9.27. The molecule has 2 N–H and O–H groups in total. The standard InChI is InChI=1S/C24H20N2O4/c27-22(17-30-23(28)16-15-18-9-3-1-4-10-18)26-21-14-8-7-13-20(21)24(29)25-19-11-5-2-6-12-19/h1-16H,17H2,(H,25,29)(H,26,27). The highest BCUT2D eigenvalue weighted by atomic mass is 16.5. The van der Waals surface area contributed by atoms with E-state index >= 15 is 0 Å². The van der Waals surface area contributed by atoms with Crippen LogP contribution in [0.25, 0.3) is 6.08 Å². The highest BCUT2D eigenvalue weighted by molar-refractivity contribution is 6.10. The van der Waals surface area contributed by atoms with E-state index in [9.17, 15) is 14.4 Å². The number of ether oxygens (including phenoxy) is 1. The Balaban J connectivity index is 1.56. The van der Waals surface area contributed by atoms with Crippen LogP contribution in [0.5, 0.6) is 0 Å². The van der Waals surface area contributed by atoms with Gasteiger partial charge in [-0.15, -0.1) is 0 Å². The maximum atomic E-state index is 12.5. The number of hydrogen-bond donors (Lipinski definition) is 2. The predicted octanol–water partition coefficient (Wildman–Crippen LogP) is 4.13. The van der Waals surface area contributed by atoms with Gasteiger partial charge in [0.25, 0.3) is 11.8 Å². The van der Waals surface area contributed by atoms with Gasteiger partial charge in [-0.3, -0.25) is 9.59 Å². The van der Waals surface area contributed by atoms with Gasteiger partial charge in [0.05, 0.1) is 11.3 Å². The molecule has 3 rings (SSSR count). The van der Waals surface area contributed by atoms with Crippen LogP contribution in [0.2, 0.25) is 0 Å². The second kappa shape index (κ2) is 10.4. The lowest BCUT2D eigenvalue weighted by molar-refractivity contribution is -0.142. The van der Waals surface area contributed by atoms with Gasteiger partial charge in [0.2, 0.25) is 0 Å². The molecule has 0 unspecified atom stereocenters. The molecule has 0 saturated heterocycles. The Kier molecular flexibility index (Phi) is 7.11. The molecule has 0 aliphatic heterocycles. The van der Waals surface area contributed by atoms with Gasteiger partial charge in [-0.1, -0.05) is 60.7 Å². The summed E-state index contributed by atoms with van der Waals surface area (Å²) in [7, 11) is 0. The molecule has 150 valence electrons. The van der Waals surface area contributed by atoms with Crippen LogP contribution >= 0.6 is 0 Å². The summed E-state index contributed by atoms with van der Waals surface area (Å²) in [6.07, 6.45) is 2.85. The van der Waals surface area contributed by atoms with Gasteiger partial charge in [-0.25, -0.2) is 4.79 Å². The number of anilines is 2. The Morgan fingerprint density at radius 1 is 0.767 bits per heavy atom. The number of para-hydroxylation sites is 2. The molecule has 0 bridgehead atoms. The first-order chi connectivity index (χ1) is 14.6. The van der Waals surface area contributed by atoms with E-state index in [0.29, 0.717) is 16.9 Å². The van der Waals surface area contributed by atoms with Crippen LogP contribution in [0.1, 0.15) is 15.9 Å². The number of hydrogen-bond acceptors (Lipinski definition) is 4. The van der Waals surface area contributed by atoms with Crippen LogP contribution < -0.4 is 10.6 Å². The summed E-state index contributed by atoms with van der Waals surface area (Å²) in [5.41, 5.74) is 2.11. The van der Waals surface area contributed by atoms with Crippen molar-refractivity contribution in [1.82, 2.24) is 0 Å². The average Bonchev–Trinajstić information content (AvgIpc) is 2.78. The quantitative estimate of drug-likeness (QED) is 0.461. The minimum Gasteiger partial charge on any atom is -0.452 e. The third kappa shape index (κ3) is 6.17. The second-order valence-electron chi connectivity index (χ2n) is 6.27. The van der Waals surface area contributed by atoms with Crippen molar-refractivity contribution in [3.8, 4) is 0 Å². The van der Waals surface area contributed by atoms with Crippen LogP contribution in [0.3, 0.4) is 0 Å². The molecule has 0 aromatic heterocycles. The topological polar surface area (TPSA) is 84.5 Å². The Labute approximate surface area is 174 Å². The molecule has 0 spiro atoms. The second-order valence-corrected chi connectivity index (χ2v) is 6.27. The molecule has 0 aliphatic carbocycles. The number of esters is 1. The number of carbonyl (C=O) groups is 3. The SMILES string of the molecule is O=C(COC(=O)C=Cc1ccccc1)Nc1ccccc1C(=O)Nc1ccccc1. The van der Waals surface area contributed by atoms with Crippen LogP contribution in [-0.2, 0) is 14.3 Å². The van der Waals surface area contributed by atoms with Crippen LogP contribution in [0.15, 0.2) is 91.0 Å².